The number of hydrogen-bond acceptors (Lipinski definition) is 7. The van der Waals surface area contributed by atoms with E-state index in [1.165, 1.54) is 5.56 Å². The van der Waals surface area contributed by atoms with E-state index in [1.54, 1.807) is 25.6 Å². The molecule has 0 bridgehead atoms. The molecule has 192 valence electrons. The SMILES string of the molecule is COc1cc(O)c(-c2nnc(-c3cccnc3)n2-c2ccc(CN3CCN(C)CC3)cc2)cc1C(C)C. The molecule has 1 fully saturated rings. The number of ether oxygens (including phenoxy) is 1. The first kappa shape index (κ1) is 24.9. The van der Waals surface area contributed by atoms with Crippen LogP contribution in [-0.2, 0) is 6.54 Å². The summed E-state index contributed by atoms with van der Waals surface area (Å²) < 4.78 is 7.52. The highest BCUT2D eigenvalue weighted by atomic mass is 16.5. The van der Waals surface area contributed by atoms with Gasteiger partial charge < -0.3 is 14.7 Å². The number of pyridine rings is 1. The van der Waals surface area contributed by atoms with E-state index in [-0.39, 0.29) is 11.7 Å². The van der Waals surface area contributed by atoms with Crippen molar-refractivity contribution in [3.63, 3.8) is 0 Å². The quantitative estimate of drug-likeness (QED) is 0.399. The fourth-order valence-electron chi connectivity index (χ4n) is 4.79. The largest absolute Gasteiger partial charge is 0.507 e. The Hall–Kier alpha value is -3.75. The van der Waals surface area contributed by atoms with Crippen molar-refractivity contribution >= 4 is 0 Å². The summed E-state index contributed by atoms with van der Waals surface area (Å²) in [5.74, 6) is 2.18. The Balaban J connectivity index is 1.57. The number of nitrogens with zero attached hydrogens (tertiary/aromatic N) is 6. The summed E-state index contributed by atoms with van der Waals surface area (Å²) in [5, 5.41) is 20.1. The lowest BCUT2D eigenvalue weighted by Crippen LogP contribution is -2.43. The first-order valence-corrected chi connectivity index (χ1v) is 12.7. The molecule has 0 aliphatic carbocycles. The first-order valence-electron chi connectivity index (χ1n) is 12.7. The third kappa shape index (κ3) is 5.21. The van der Waals surface area contributed by atoms with Gasteiger partial charge in [-0.1, -0.05) is 26.0 Å². The lowest BCUT2D eigenvalue weighted by atomic mass is 9.98. The Morgan fingerprint density at radius 3 is 2.35 bits per heavy atom. The van der Waals surface area contributed by atoms with Crippen molar-refractivity contribution in [3.05, 3.63) is 72.1 Å². The van der Waals surface area contributed by atoms with Gasteiger partial charge in [-0.05, 0) is 54.4 Å². The third-order valence-corrected chi connectivity index (χ3v) is 6.99. The molecule has 0 radical (unpaired) electrons. The predicted octanol–water partition coefficient (Wildman–Crippen LogP) is 4.58. The summed E-state index contributed by atoms with van der Waals surface area (Å²) >= 11 is 0. The average molecular weight is 499 g/mol. The molecular formula is C29H34N6O2. The van der Waals surface area contributed by atoms with Crippen LogP contribution in [0, 0.1) is 0 Å². The molecule has 4 aromatic rings. The number of rotatable bonds is 7. The van der Waals surface area contributed by atoms with Crippen molar-refractivity contribution in [1.29, 1.82) is 0 Å². The molecule has 2 aromatic carbocycles. The topological polar surface area (TPSA) is 79.5 Å². The Labute approximate surface area is 218 Å². The van der Waals surface area contributed by atoms with E-state index in [4.69, 9.17) is 4.74 Å². The van der Waals surface area contributed by atoms with Gasteiger partial charge in [-0.15, -0.1) is 10.2 Å². The number of phenols is 1. The van der Waals surface area contributed by atoms with Crippen LogP contribution in [0.4, 0.5) is 0 Å². The molecule has 3 heterocycles. The van der Waals surface area contributed by atoms with Crippen molar-refractivity contribution in [2.75, 3.05) is 40.3 Å². The summed E-state index contributed by atoms with van der Waals surface area (Å²) in [4.78, 5) is 9.14. The van der Waals surface area contributed by atoms with Gasteiger partial charge in [0.05, 0.1) is 12.7 Å². The maximum Gasteiger partial charge on any atom is 0.172 e. The summed E-state index contributed by atoms with van der Waals surface area (Å²) in [6.45, 7) is 9.48. The van der Waals surface area contributed by atoms with E-state index in [0.29, 0.717) is 23.0 Å². The van der Waals surface area contributed by atoms with Gasteiger partial charge in [0.1, 0.15) is 11.5 Å². The highest BCUT2D eigenvalue weighted by Gasteiger charge is 2.22. The summed E-state index contributed by atoms with van der Waals surface area (Å²) in [6, 6.07) is 16.0. The number of aromatic nitrogens is 4. The second kappa shape index (κ2) is 10.7. The fraction of sp³-hybridized carbons (Fsp3) is 0.345. The van der Waals surface area contributed by atoms with E-state index in [0.717, 1.165) is 49.5 Å². The van der Waals surface area contributed by atoms with E-state index >= 15 is 0 Å². The molecule has 37 heavy (non-hydrogen) atoms. The number of aromatic hydroxyl groups is 1. The number of phenolic OH excluding ortho intramolecular Hbond substituents is 1. The van der Waals surface area contributed by atoms with Crippen LogP contribution in [0.2, 0.25) is 0 Å². The molecule has 0 amide bonds. The number of likely N-dealkylation sites (N-methyl/N-ethyl adjacent to an activating group) is 1. The Morgan fingerprint density at radius 2 is 1.70 bits per heavy atom. The van der Waals surface area contributed by atoms with Gasteiger partial charge in [-0.3, -0.25) is 14.5 Å². The fourth-order valence-corrected chi connectivity index (χ4v) is 4.79. The van der Waals surface area contributed by atoms with Crippen molar-refractivity contribution < 1.29 is 9.84 Å². The monoisotopic (exact) mass is 498 g/mol. The number of hydrogen-bond donors (Lipinski definition) is 1. The van der Waals surface area contributed by atoms with Crippen molar-refractivity contribution in [2.45, 2.75) is 26.3 Å². The van der Waals surface area contributed by atoms with Crippen molar-refractivity contribution in [2.24, 2.45) is 0 Å². The van der Waals surface area contributed by atoms with Crippen LogP contribution in [0.15, 0.2) is 60.9 Å². The second-order valence-corrected chi connectivity index (χ2v) is 9.94. The number of benzene rings is 2. The average Bonchev–Trinajstić information content (AvgIpc) is 3.35. The smallest absolute Gasteiger partial charge is 0.172 e. The molecule has 0 atom stereocenters. The van der Waals surface area contributed by atoms with Crippen LogP contribution in [0.3, 0.4) is 0 Å². The number of piperazine rings is 1. The van der Waals surface area contributed by atoms with Crippen LogP contribution >= 0.6 is 0 Å². The first-order chi connectivity index (χ1) is 17.9. The standard InChI is InChI=1S/C29H34N6O2/c1-20(2)24-16-25(26(36)17-27(24)37-4)29-32-31-28(22-6-5-11-30-18-22)35(29)23-9-7-21(8-10-23)19-34-14-12-33(3)13-15-34/h5-11,16-18,20,36H,12-15,19H2,1-4H3. The minimum Gasteiger partial charge on any atom is -0.507 e. The minimum atomic E-state index is 0.0966. The molecule has 1 N–H and O–H groups in total. The van der Waals surface area contributed by atoms with E-state index < -0.39 is 0 Å². The van der Waals surface area contributed by atoms with Crippen LogP contribution < -0.4 is 4.74 Å². The maximum atomic E-state index is 11.0. The van der Waals surface area contributed by atoms with E-state index in [1.807, 2.05) is 22.8 Å². The molecule has 1 aliphatic heterocycles. The minimum absolute atomic E-state index is 0.0966. The molecule has 2 aromatic heterocycles. The Bertz CT molecular complexity index is 1340. The van der Waals surface area contributed by atoms with E-state index in [9.17, 15) is 5.11 Å². The lowest BCUT2D eigenvalue weighted by molar-refractivity contribution is 0.148. The zero-order chi connectivity index (χ0) is 25.9. The van der Waals surface area contributed by atoms with Gasteiger partial charge in [0.25, 0.3) is 0 Å². The zero-order valence-corrected chi connectivity index (χ0v) is 21.9. The molecule has 1 saturated heterocycles. The van der Waals surface area contributed by atoms with E-state index in [2.05, 4.69) is 70.1 Å². The van der Waals surface area contributed by atoms with Gasteiger partial charge in [-0.25, -0.2) is 0 Å². The highest BCUT2D eigenvalue weighted by molar-refractivity contribution is 5.72. The van der Waals surface area contributed by atoms with Gasteiger partial charge >= 0.3 is 0 Å². The molecule has 0 saturated carbocycles. The molecule has 8 nitrogen and oxygen atoms in total. The van der Waals surface area contributed by atoms with Crippen LogP contribution in [0.1, 0.15) is 30.9 Å². The van der Waals surface area contributed by atoms with Gasteiger partial charge in [-0.2, -0.15) is 0 Å². The van der Waals surface area contributed by atoms with Gasteiger partial charge in [0, 0.05) is 62.4 Å². The second-order valence-electron chi connectivity index (χ2n) is 9.94. The predicted molar refractivity (Wildman–Crippen MR) is 145 cm³/mol. The molecular weight excluding hydrogens is 464 g/mol. The molecule has 5 rings (SSSR count). The molecule has 8 heteroatoms. The zero-order valence-electron chi connectivity index (χ0n) is 21.9. The molecule has 0 unspecified atom stereocenters. The molecule has 0 spiro atoms. The van der Waals surface area contributed by atoms with Crippen LogP contribution in [0.25, 0.3) is 28.5 Å². The lowest BCUT2D eigenvalue weighted by Gasteiger charge is -2.32. The Morgan fingerprint density at radius 1 is 0.973 bits per heavy atom. The highest BCUT2D eigenvalue weighted by Crippen LogP contribution is 2.39. The van der Waals surface area contributed by atoms with Gasteiger partial charge in [0.2, 0.25) is 0 Å². The normalized spacial score (nSPS) is 14.8. The maximum absolute atomic E-state index is 11.0. The van der Waals surface area contributed by atoms with Crippen LogP contribution in [-0.4, -0.2) is 75.0 Å². The van der Waals surface area contributed by atoms with Crippen molar-refractivity contribution in [1.82, 2.24) is 29.5 Å². The van der Waals surface area contributed by atoms with Crippen LogP contribution in [0.5, 0.6) is 11.5 Å². The third-order valence-electron chi connectivity index (χ3n) is 6.99. The Kier molecular flexibility index (Phi) is 7.21. The summed E-state index contributed by atoms with van der Waals surface area (Å²) in [5.41, 5.74) is 4.63. The van der Waals surface area contributed by atoms with Gasteiger partial charge in [0.15, 0.2) is 11.6 Å². The molecule has 1 aliphatic rings. The number of methoxy groups -OCH3 is 1. The summed E-state index contributed by atoms with van der Waals surface area (Å²) in [6.07, 6.45) is 3.52. The summed E-state index contributed by atoms with van der Waals surface area (Å²) in [7, 11) is 3.79. The van der Waals surface area contributed by atoms with Crippen molar-refractivity contribution in [3.8, 4) is 40.0 Å².